The van der Waals surface area contributed by atoms with E-state index >= 15 is 0 Å². The monoisotopic (exact) mass is 181 g/mol. The smallest absolute Gasteiger partial charge is 0.0972 e. The van der Waals surface area contributed by atoms with Gasteiger partial charge < -0.3 is 5.73 Å². The van der Waals surface area contributed by atoms with Gasteiger partial charge in [0.2, 0.25) is 0 Å². The Kier molecular flexibility index (Phi) is 2.08. The maximum atomic E-state index is 5.73. The zero-order valence-corrected chi connectivity index (χ0v) is 7.55. The number of hydrogen-bond acceptors (Lipinski definition) is 3. The van der Waals surface area contributed by atoms with E-state index in [1.54, 1.807) is 11.3 Å². The Bertz CT molecular complexity index is 275. The molecule has 1 aliphatic carbocycles. The van der Waals surface area contributed by atoms with Crippen molar-refractivity contribution in [3.63, 3.8) is 0 Å². The molecule has 0 unspecified atom stereocenters. The molecule has 4 heteroatoms. The molecule has 1 fully saturated rings. The molecule has 12 heavy (non-hydrogen) atoms. The number of hydrogen-bond donors (Lipinski definition) is 1. The molecule has 64 valence electrons. The van der Waals surface area contributed by atoms with Crippen molar-refractivity contribution in [3.8, 4) is 0 Å². The van der Waals surface area contributed by atoms with Crippen LogP contribution in [0.1, 0.15) is 17.7 Å². The van der Waals surface area contributed by atoms with E-state index in [9.17, 15) is 0 Å². The van der Waals surface area contributed by atoms with E-state index in [1.165, 1.54) is 17.7 Å². The summed E-state index contributed by atoms with van der Waals surface area (Å²) in [6, 6.07) is 0. The highest BCUT2D eigenvalue weighted by atomic mass is 32.1. The van der Waals surface area contributed by atoms with E-state index in [-0.39, 0.29) is 0 Å². The van der Waals surface area contributed by atoms with Crippen molar-refractivity contribution in [2.75, 3.05) is 0 Å². The third-order valence-corrected chi connectivity index (χ3v) is 2.66. The molecule has 0 spiro atoms. The molecule has 1 aromatic rings. The lowest BCUT2D eigenvalue weighted by Gasteiger charge is -1.94. The molecule has 0 atom stereocenters. The first-order valence-corrected chi connectivity index (χ1v) is 4.91. The van der Waals surface area contributed by atoms with Crippen molar-refractivity contribution < 1.29 is 0 Å². The van der Waals surface area contributed by atoms with Gasteiger partial charge in [-0.25, -0.2) is 0 Å². The van der Waals surface area contributed by atoms with Crippen LogP contribution in [0.3, 0.4) is 0 Å². The molecule has 2 rings (SSSR count). The highest BCUT2D eigenvalue weighted by Crippen LogP contribution is 2.28. The molecule has 0 aromatic carbocycles. The fraction of sp³-hybridized carbons (Fsp3) is 0.500. The summed E-state index contributed by atoms with van der Waals surface area (Å²) in [4.78, 5) is 9.44. The second-order valence-electron chi connectivity index (χ2n) is 2.98. The van der Waals surface area contributed by atoms with Crippen molar-refractivity contribution in [2.24, 2.45) is 16.6 Å². The molecule has 0 amide bonds. The summed E-state index contributed by atoms with van der Waals surface area (Å²) in [5, 5.41) is 0. The number of nitrogens with zero attached hydrogens (tertiary/aromatic N) is 2. The summed E-state index contributed by atoms with van der Waals surface area (Å²) in [7, 11) is 0. The van der Waals surface area contributed by atoms with Crippen LogP contribution in [0, 0.1) is 5.92 Å². The van der Waals surface area contributed by atoms with Crippen LogP contribution in [-0.4, -0.2) is 10.8 Å². The quantitative estimate of drug-likeness (QED) is 0.566. The largest absolute Gasteiger partial charge is 0.387 e. The number of nitrogens with two attached hydrogens (primary N) is 1. The van der Waals surface area contributed by atoms with Crippen LogP contribution in [0.4, 0.5) is 0 Å². The second-order valence-corrected chi connectivity index (χ2v) is 3.95. The maximum absolute atomic E-state index is 5.73. The maximum Gasteiger partial charge on any atom is 0.0972 e. The van der Waals surface area contributed by atoms with Crippen molar-refractivity contribution in [2.45, 2.75) is 19.4 Å². The van der Waals surface area contributed by atoms with Gasteiger partial charge in [0.1, 0.15) is 0 Å². The first-order valence-electron chi connectivity index (χ1n) is 4.03. The van der Waals surface area contributed by atoms with Gasteiger partial charge in [0.05, 0.1) is 17.9 Å². The Labute approximate surface area is 75.3 Å². The molecule has 0 saturated heterocycles. The van der Waals surface area contributed by atoms with Crippen LogP contribution in [0.2, 0.25) is 0 Å². The van der Waals surface area contributed by atoms with Crippen molar-refractivity contribution in [1.29, 1.82) is 0 Å². The molecule has 0 bridgehead atoms. The Morgan fingerprint density at radius 3 is 3.17 bits per heavy atom. The van der Waals surface area contributed by atoms with Gasteiger partial charge in [-0.1, -0.05) is 0 Å². The minimum Gasteiger partial charge on any atom is -0.387 e. The third-order valence-electron chi connectivity index (χ3n) is 1.90. The normalized spacial score (nSPS) is 18.2. The van der Waals surface area contributed by atoms with E-state index in [0.717, 1.165) is 5.84 Å². The summed E-state index contributed by atoms with van der Waals surface area (Å²) in [6.07, 6.45) is 4.28. The first kappa shape index (κ1) is 7.73. The van der Waals surface area contributed by atoms with Crippen LogP contribution < -0.4 is 5.73 Å². The van der Waals surface area contributed by atoms with Gasteiger partial charge in [0, 0.05) is 17.0 Å². The second kappa shape index (κ2) is 3.23. The lowest BCUT2D eigenvalue weighted by molar-refractivity contribution is 1.03. The fourth-order valence-electron chi connectivity index (χ4n) is 0.998. The summed E-state index contributed by atoms with van der Waals surface area (Å²) in [6.45, 7) is 0.701. The molecule has 2 N–H and O–H groups in total. The fourth-order valence-corrected chi connectivity index (χ4v) is 1.52. The van der Waals surface area contributed by atoms with E-state index in [0.29, 0.717) is 12.5 Å². The van der Waals surface area contributed by atoms with Gasteiger partial charge in [-0.05, 0) is 12.8 Å². The Hall–Kier alpha value is -0.900. The Morgan fingerprint density at radius 1 is 1.75 bits per heavy atom. The SMILES string of the molecule is NC(=NCc1cncs1)C1CC1. The van der Waals surface area contributed by atoms with Gasteiger partial charge in [-0.15, -0.1) is 11.3 Å². The summed E-state index contributed by atoms with van der Waals surface area (Å²) in [5.41, 5.74) is 7.55. The van der Waals surface area contributed by atoms with E-state index in [4.69, 9.17) is 5.73 Å². The summed E-state index contributed by atoms with van der Waals surface area (Å²) < 4.78 is 0. The topological polar surface area (TPSA) is 51.3 Å². The highest BCUT2D eigenvalue weighted by molar-refractivity contribution is 7.09. The molecular formula is C8H11N3S. The Balaban J connectivity index is 1.91. The van der Waals surface area contributed by atoms with Crippen LogP contribution in [0.5, 0.6) is 0 Å². The van der Waals surface area contributed by atoms with Crippen LogP contribution in [0.25, 0.3) is 0 Å². The van der Waals surface area contributed by atoms with Crippen molar-refractivity contribution in [1.82, 2.24) is 4.98 Å². The zero-order chi connectivity index (χ0) is 8.39. The van der Waals surface area contributed by atoms with Gasteiger partial charge in [0.25, 0.3) is 0 Å². The van der Waals surface area contributed by atoms with Crippen molar-refractivity contribution in [3.05, 3.63) is 16.6 Å². The van der Waals surface area contributed by atoms with Gasteiger partial charge in [0.15, 0.2) is 0 Å². The molecular weight excluding hydrogens is 170 g/mol. The Morgan fingerprint density at radius 2 is 2.58 bits per heavy atom. The van der Waals surface area contributed by atoms with Gasteiger partial charge in [-0.2, -0.15) is 0 Å². The van der Waals surface area contributed by atoms with E-state index in [1.807, 2.05) is 11.7 Å². The summed E-state index contributed by atoms with van der Waals surface area (Å²) in [5.74, 6) is 1.40. The van der Waals surface area contributed by atoms with Crippen LogP contribution >= 0.6 is 11.3 Å². The van der Waals surface area contributed by atoms with Crippen LogP contribution in [-0.2, 0) is 6.54 Å². The molecule has 1 heterocycles. The summed E-state index contributed by atoms with van der Waals surface area (Å²) >= 11 is 1.62. The standard InChI is InChI=1S/C8H11N3S/c9-8(6-1-2-6)11-4-7-3-10-5-12-7/h3,5-6H,1-2,4H2,(H2,9,11). The average Bonchev–Trinajstić information content (AvgIpc) is 2.80. The van der Waals surface area contributed by atoms with Gasteiger partial charge in [-0.3, -0.25) is 9.98 Å². The predicted molar refractivity (Wildman–Crippen MR) is 50.2 cm³/mol. The van der Waals surface area contributed by atoms with Gasteiger partial charge >= 0.3 is 0 Å². The number of aliphatic imine (C=N–C) groups is 1. The van der Waals surface area contributed by atoms with E-state index < -0.39 is 0 Å². The molecule has 1 saturated carbocycles. The number of rotatable bonds is 3. The number of amidine groups is 1. The lowest BCUT2D eigenvalue weighted by Crippen LogP contribution is -2.13. The highest BCUT2D eigenvalue weighted by Gasteiger charge is 2.25. The molecule has 3 nitrogen and oxygen atoms in total. The molecule has 0 radical (unpaired) electrons. The lowest BCUT2D eigenvalue weighted by atomic mass is 10.4. The van der Waals surface area contributed by atoms with Crippen LogP contribution in [0.15, 0.2) is 16.7 Å². The zero-order valence-electron chi connectivity index (χ0n) is 6.73. The number of thiazole rings is 1. The van der Waals surface area contributed by atoms with E-state index in [2.05, 4.69) is 9.98 Å². The molecule has 1 aliphatic rings. The third kappa shape index (κ3) is 1.82. The average molecular weight is 181 g/mol. The number of aromatic nitrogens is 1. The minimum atomic E-state index is 0.581. The predicted octanol–water partition coefficient (Wildman–Crippen LogP) is 1.41. The van der Waals surface area contributed by atoms with Crippen molar-refractivity contribution >= 4 is 17.2 Å². The molecule has 0 aliphatic heterocycles. The first-order chi connectivity index (χ1) is 5.86. The minimum absolute atomic E-state index is 0.581. The molecule has 1 aromatic heterocycles.